The van der Waals surface area contributed by atoms with Crippen molar-refractivity contribution in [3.63, 3.8) is 0 Å². The van der Waals surface area contributed by atoms with Gasteiger partial charge in [0, 0.05) is 13.0 Å². The molecule has 1 aliphatic heterocycles. The molecule has 0 aromatic heterocycles. The van der Waals surface area contributed by atoms with Gasteiger partial charge in [0.05, 0.1) is 6.10 Å². The van der Waals surface area contributed by atoms with E-state index in [4.69, 9.17) is 15.9 Å². The highest BCUT2D eigenvalue weighted by atomic mass is 16.7. The Hall–Kier alpha value is -1.30. The standard InChI is InChI=1S/C15H18O2/c1-2-8-14(13-9-4-3-5-10-13)17-15-11-6-7-12-16-15/h1,3-5,9-10,14-15H,6-8,11-12H2. The van der Waals surface area contributed by atoms with Crippen LogP contribution in [0.1, 0.15) is 37.4 Å². The van der Waals surface area contributed by atoms with E-state index in [1.165, 1.54) is 6.42 Å². The fourth-order valence-corrected chi connectivity index (χ4v) is 2.02. The lowest BCUT2D eigenvalue weighted by molar-refractivity contribution is -0.188. The summed E-state index contributed by atoms with van der Waals surface area (Å²) in [6, 6.07) is 10.1. The van der Waals surface area contributed by atoms with E-state index in [1.807, 2.05) is 30.3 Å². The average Bonchev–Trinajstić information content (AvgIpc) is 2.40. The van der Waals surface area contributed by atoms with Crippen LogP contribution >= 0.6 is 0 Å². The first-order valence-corrected chi connectivity index (χ1v) is 6.15. The van der Waals surface area contributed by atoms with Crippen LogP contribution in [0, 0.1) is 12.3 Å². The number of hydrogen-bond acceptors (Lipinski definition) is 2. The molecule has 17 heavy (non-hydrogen) atoms. The zero-order valence-electron chi connectivity index (χ0n) is 9.97. The number of hydrogen-bond donors (Lipinski definition) is 0. The SMILES string of the molecule is C#CCC(OC1CCCCO1)c1ccccc1. The molecule has 2 atom stereocenters. The lowest BCUT2D eigenvalue weighted by Gasteiger charge is -2.27. The molecule has 1 saturated heterocycles. The molecule has 0 N–H and O–H groups in total. The van der Waals surface area contributed by atoms with Crippen LogP contribution in [0.3, 0.4) is 0 Å². The van der Waals surface area contributed by atoms with Crippen molar-refractivity contribution in [2.24, 2.45) is 0 Å². The Balaban J connectivity index is 1.99. The lowest BCUT2D eigenvalue weighted by Crippen LogP contribution is -2.24. The van der Waals surface area contributed by atoms with Gasteiger partial charge in [-0.3, -0.25) is 0 Å². The van der Waals surface area contributed by atoms with Gasteiger partial charge < -0.3 is 9.47 Å². The second-order valence-electron chi connectivity index (χ2n) is 4.24. The Kier molecular flexibility index (Phi) is 4.61. The molecule has 0 bridgehead atoms. The molecule has 1 aliphatic rings. The third-order valence-corrected chi connectivity index (χ3v) is 2.93. The number of ether oxygens (including phenoxy) is 2. The Morgan fingerprint density at radius 2 is 2.18 bits per heavy atom. The molecule has 2 nitrogen and oxygen atoms in total. The van der Waals surface area contributed by atoms with E-state index in [2.05, 4.69) is 5.92 Å². The van der Waals surface area contributed by atoms with Crippen molar-refractivity contribution in [1.29, 1.82) is 0 Å². The lowest BCUT2D eigenvalue weighted by atomic mass is 10.1. The predicted molar refractivity (Wildman–Crippen MR) is 67.3 cm³/mol. The summed E-state index contributed by atoms with van der Waals surface area (Å²) in [5.41, 5.74) is 1.12. The Morgan fingerprint density at radius 1 is 1.35 bits per heavy atom. The van der Waals surface area contributed by atoms with Crippen LogP contribution in [-0.4, -0.2) is 12.9 Å². The van der Waals surface area contributed by atoms with E-state index in [0.717, 1.165) is 25.0 Å². The first-order valence-electron chi connectivity index (χ1n) is 6.15. The molecule has 1 fully saturated rings. The molecule has 1 heterocycles. The fourth-order valence-electron chi connectivity index (χ4n) is 2.02. The molecule has 1 aromatic carbocycles. The molecule has 0 spiro atoms. The Bertz CT molecular complexity index is 360. The zero-order valence-corrected chi connectivity index (χ0v) is 9.97. The summed E-state index contributed by atoms with van der Waals surface area (Å²) >= 11 is 0. The van der Waals surface area contributed by atoms with E-state index in [-0.39, 0.29) is 12.4 Å². The highest BCUT2D eigenvalue weighted by molar-refractivity contribution is 5.19. The van der Waals surface area contributed by atoms with Crippen LogP contribution < -0.4 is 0 Å². The molecule has 0 aliphatic carbocycles. The predicted octanol–water partition coefficient (Wildman–Crippen LogP) is 3.29. The van der Waals surface area contributed by atoms with Crippen molar-refractivity contribution in [3.8, 4) is 12.3 Å². The molecule has 2 rings (SSSR count). The molecule has 0 saturated carbocycles. The summed E-state index contributed by atoms with van der Waals surface area (Å²) in [6.45, 7) is 0.794. The largest absolute Gasteiger partial charge is 0.353 e. The monoisotopic (exact) mass is 230 g/mol. The molecule has 90 valence electrons. The Morgan fingerprint density at radius 3 is 2.82 bits per heavy atom. The van der Waals surface area contributed by atoms with Crippen molar-refractivity contribution in [3.05, 3.63) is 35.9 Å². The second kappa shape index (κ2) is 6.44. The smallest absolute Gasteiger partial charge is 0.158 e. The maximum Gasteiger partial charge on any atom is 0.158 e. The van der Waals surface area contributed by atoms with Crippen LogP contribution in [0.25, 0.3) is 0 Å². The normalized spacial score (nSPS) is 21.7. The van der Waals surface area contributed by atoms with Crippen LogP contribution in [0.5, 0.6) is 0 Å². The van der Waals surface area contributed by atoms with Gasteiger partial charge in [-0.05, 0) is 24.8 Å². The molecule has 2 heteroatoms. The van der Waals surface area contributed by atoms with Gasteiger partial charge in [0.15, 0.2) is 6.29 Å². The fraction of sp³-hybridized carbons (Fsp3) is 0.467. The highest BCUT2D eigenvalue weighted by Crippen LogP contribution is 2.26. The van der Waals surface area contributed by atoms with E-state index in [1.54, 1.807) is 0 Å². The molecule has 1 aromatic rings. The topological polar surface area (TPSA) is 18.5 Å². The third-order valence-electron chi connectivity index (χ3n) is 2.93. The maximum atomic E-state index is 5.95. The second-order valence-corrected chi connectivity index (χ2v) is 4.24. The summed E-state index contributed by atoms with van der Waals surface area (Å²) in [4.78, 5) is 0. The summed E-state index contributed by atoms with van der Waals surface area (Å²) in [5, 5.41) is 0. The van der Waals surface area contributed by atoms with Crippen LogP contribution in [-0.2, 0) is 9.47 Å². The van der Waals surface area contributed by atoms with Gasteiger partial charge in [-0.1, -0.05) is 30.3 Å². The minimum atomic E-state index is -0.0951. The number of rotatable bonds is 4. The van der Waals surface area contributed by atoms with Crippen molar-refractivity contribution < 1.29 is 9.47 Å². The molecular weight excluding hydrogens is 212 g/mol. The summed E-state index contributed by atoms with van der Waals surface area (Å²) in [7, 11) is 0. The minimum Gasteiger partial charge on any atom is -0.353 e. The van der Waals surface area contributed by atoms with Crippen molar-refractivity contribution in [1.82, 2.24) is 0 Å². The summed E-state index contributed by atoms with van der Waals surface area (Å²) < 4.78 is 11.5. The molecular formula is C15H18O2. The summed E-state index contributed by atoms with van der Waals surface area (Å²) in [6.07, 6.45) is 9.11. The van der Waals surface area contributed by atoms with Crippen molar-refractivity contribution in [2.45, 2.75) is 38.1 Å². The van der Waals surface area contributed by atoms with Crippen LogP contribution in [0.2, 0.25) is 0 Å². The van der Waals surface area contributed by atoms with E-state index < -0.39 is 0 Å². The van der Waals surface area contributed by atoms with E-state index in [0.29, 0.717) is 6.42 Å². The number of terminal acetylenes is 1. The van der Waals surface area contributed by atoms with Gasteiger partial charge in [-0.25, -0.2) is 0 Å². The van der Waals surface area contributed by atoms with E-state index >= 15 is 0 Å². The van der Waals surface area contributed by atoms with Crippen molar-refractivity contribution >= 4 is 0 Å². The molecule has 2 unspecified atom stereocenters. The third kappa shape index (κ3) is 3.59. The first kappa shape index (κ1) is 12.2. The molecule has 0 amide bonds. The van der Waals surface area contributed by atoms with Crippen LogP contribution in [0.4, 0.5) is 0 Å². The summed E-state index contributed by atoms with van der Waals surface area (Å²) in [5.74, 6) is 2.68. The van der Waals surface area contributed by atoms with Gasteiger partial charge in [-0.2, -0.15) is 0 Å². The van der Waals surface area contributed by atoms with Gasteiger partial charge in [0.1, 0.15) is 0 Å². The van der Waals surface area contributed by atoms with Gasteiger partial charge in [-0.15, -0.1) is 12.3 Å². The maximum absolute atomic E-state index is 5.95. The van der Waals surface area contributed by atoms with Gasteiger partial charge in [0.25, 0.3) is 0 Å². The highest BCUT2D eigenvalue weighted by Gasteiger charge is 2.20. The quantitative estimate of drug-likeness (QED) is 0.739. The van der Waals surface area contributed by atoms with E-state index in [9.17, 15) is 0 Å². The Labute approximate surface area is 103 Å². The minimum absolute atomic E-state index is 0.0516. The zero-order chi connectivity index (χ0) is 11.9. The average molecular weight is 230 g/mol. The van der Waals surface area contributed by atoms with Crippen LogP contribution in [0.15, 0.2) is 30.3 Å². The van der Waals surface area contributed by atoms with Gasteiger partial charge >= 0.3 is 0 Å². The van der Waals surface area contributed by atoms with Crippen molar-refractivity contribution in [2.75, 3.05) is 6.61 Å². The molecule has 0 radical (unpaired) electrons. The van der Waals surface area contributed by atoms with Gasteiger partial charge in [0.2, 0.25) is 0 Å². The first-order chi connectivity index (χ1) is 8.40. The number of benzene rings is 1.